The third-order valence-electron chi connectivity index (χ3n) is 3.47. The van der Waals surface area contributed by atoms with Crippen molar-refractivity contribution in [1.82, 2.24) is 4.31 Å². The van der Waals surface area contributed by atoms with Gasteiger partial charge in [-0.2, -0.15) is 4.31 Å². The van der Waals surface area contributed by atoms with Gasteiger partial charge in [-0.05, 0) is 24.3 Å². The molecule has 0 spiro atoms. The van der Waals surface area contributed by atoms with E-state index in [2.05, 4.69) is 15.9 Å². The summed E-state index contributed by atoms with van der Waals surface area (Å²) in [6, 6.07) is 9.90. The third kappa shape index (κ3) is 4.03. The zero-order valence-corrected chi connectivity index (χ0v) is 16.6. The lowest BCUT2D eigenvalue weighted by Gasteiger charge is -2.20. The average Bonchev–Trinajstić information content (AvgIpc) is 2.54. The minimum absolute atomic E-state index is 0.0577. The number of rotatable bonds is 6. The molecule has 0 aliphatic carbocycles. The van der Waals surface area contributed by atoms with Crippen molar-refractivity contribution >= 4 is 37.6 Å². The van der Waals surface area contributed by atoms with E-state index in [1.165, 1.54) is 24.5 Å². The van der Waals surface area contributed by atoms with E-state index in [1.807, 2.05) is 0 Å². The van der Waals surface area contributed by atoms with Crippen molar-refractivity contribution in [2.75, 3.05) is 21.3 Å². The summed E-state index contributed by atoms with van der Waals surface area (Å²) in [5.74, 6) is 1.19. The molecule has 0 aromatic heterocycles. The standard InChI is InChI=1S/C16H17BrClNO4S/c1-19(10-11-4-6-13(22-2)9-15(11)23-3)24(20,21)16-7-5-12(17)8-14(16)18/h4-9H,10H2,1-3H3. The number of nitrogens with zero attached hydrogens (tertiary/aromatic N) is 1. The van der Waals surface area contributed by atoms with Crippen molar-refractivity contribution in [3.05, 3.63) is 51.5 Å². The molecular weight excluding hydrogens is 418 g/mol. The maximum Gasteiger partial charge on any atom is 0.244 e. The predicted octanol–water partition coefficient (Wildman–Crippen LogP) is 3.94. The van der Waals surface area contributed by atoms with Crippen LogP contribution in [0.4, 0.5) is 0 Å². The first-order valence-electron chi connectivity index (χ1n) is 6.92. The van der Waals surface area contributed by atoms with Crippen molar-refractivity contribution in [3.63, 3.8) is 0 Å². The van der Waals surface area contributed by atoms with E-state index in [0.717, 1.165) is 5.56 Å². The van der Waals surface area contributed by atoms with Gasteiger partial charge in [0.2, 0.25) is 10.0 Å². The number of benzene rings is 2. The minimum Gasteiger partial charge on any atom is -0.497 e. The predicted molar refractivity (Wildman–Crippen MR) is 97.4 cm³/mol. The molecule has 0 fully saturated rings. The van der Waals surface area contributed by atoms with Crippen LogP contribution in [0.25, 0.3) is 0 Å². The maximum absolute atomic E-state index is 12.8. The summed E-state index contributed by atoms with van der Waals surface area (Å²) in [6.07, 6.45) is 0. The lowest BCUT2D eigenvalue weighted by molar-refractivity contribution is 0.384. The molecule has 0 aliphatic rings. The molecular formula is C16H17BrClNO4S. The number of hydrogen-bond acceptors (Lipinski definition) is 4. The Morgan fingerprint density at radius 2 is 1.83 bits per heavy atom. The van der Waals surface area contributed by atoms with Crippen molar-refractivity contribution < 1.29 is 17.9 Å². The van der Waals surface area contributed by atoms with E-state index in [-0.39, 0.29) is 16.5 Å². The smallest absolute Gasteiger partial charge is 0.244 e. The van der Waals surface area contributed by atoms with Crippen molar-refractivity contribution in [2.45, 2.75) is 11.4 Å². The molecule has 0 unspecified atom stereocenters. The SMILES string of the molecule is COc1ccc(CN(C)S(=O)(=O)c2ccc(Br)cc2Cl)c(OC)c1. The van der Waals surface area contributed by atoms with Gasteiger partial charge < -0.3 is 9.47 Å². The number of methoxy groups -OCH3 is 2. The first-order chi connectivity index (χ1) is 11.3. The van der Waals surface area contributed by atoms with E-state index < -0.39 is 10.0 Å². The summed E-state index contributed by atoms with van der Waals surface area (Å²) in [7, 11) is 0.848. The highest BCUT2D eigenvalue weighted by atomic mass is 79.9. The van der Waals surface area contributed by atoms with Crippen LogP contribution in [0.5, 0.6) is 11.5 Å². The third-order valence-corrected chi connectivity index (χ3v) is 6.25. The summed E-state index contributed by atoms with van der Waals surface area (Å²) in [5, 5.41) is 0.165. The number of ether oxygens (including phenoxy) is 2. The van der Waals surface area contributed by atoms with Crippen LogP contribution >= 0.6 is 27.5 Å². The second kappa shape index (κ2) is 7.74. The summed E-state index contributed by atoms with van der Waals surface area (Å²) < 4.78 is 37.9. The number of hydrogen-bond donors (Lipinski definition) is 0. The first kappa shape index (κ1) is 19.1. The summed E-state index contributed by atoms with van der Waals surface area (Å²) >= 11 is 9.35. The zero-order valence-electron chi connectivity index (χ0n) is 13.4. The van der Waals surface area contributed by atoms with Crippen LogP contribution in [0, 0.1) is 0 Å². The fourth-order valence-electron chi connectivity index (χ4n) is 2.16. The Morgan fingerprint density at radius 1 is 1.12 bits per heavy atom. The van der Waals surface area contributed by atoms with E-state index in [0.29, 0.717) is 16.0 Å². The highest BCUT2D eigenvalue weighted by Gasteiger charge is 2.24. The van der Waals surface area contributed by atoms with Gasteiger partial charge >= 0.3 is 0 Å². The largest absolute Gasteiger partial charge is 0.497 e. The Balaban J connectivity index is 2.33. The molecule has 0 bridgehead atoms. The fraction of sp³-hybridized carbons (Fsp3) is 0.250. The van der Waals surface area contributed by atoms with Crippen LogP contribution < -0.4 is 9.47 Å². The molecule has 5 nitrogen and oxygen atoms in total. The molecule has 24 heavy (non-hydrogen) atoms. The van der Waals surface area contributed by atoms with E-state index in [4.69, 9.17) is 21.1 Å². The van der Waals surface area contributed by atoms with Crippen LogP contribution in [0.1, 0.15) is 5.56 Å². The molecule has 2 aromatic rings. The van der Waals surface area contributed by atoms with Gasteiger partial charge in [0.25, 0.3) is 0 Å². The van der Waals surface area contributed by atoms with Crippen molar-refractivity contribution in [2.24, 2.45) is 0 Å². The van der Waals surface area contributed by atoms with Gasteiger partial charge in [-0.3, -0.25) is 0 Å². The van der Waals surface area contributed by atoms with Gasteiger partial charge in [-0.1, -0.05) is 33.6 Å². The van der Waals surface area contributed by atoms with Crippen molar-refractivity contribution in [3.8, 4) is 11.5 Å². The highest BCUT2D eigenvalue weighted by Crippen LogP contribution is 2.30. The average molecular weight is 435 g/mol. The molecule has 130 valence electrons. The van der Waals surface area contributed by atoms with Gasteiger partial charge in [0, 0.05) is 29.7 Å². The van der Waals surface area contributed by atoms with Crippen LogP contribution in [0.2, 0.25) is 5.02 Å². The Morgan fingerprint density at radius 3 is 2.42 bits per heavy atom. The van der Waals surface area contributed by atoms with Crippen LogP contribution in [-0.2, 0) is 16.6 Å². The lowest BCUT2D eigenvalue weighted by atomic mass is 10.2. The fourth-order valence-corrected chi connectivity index (χ4v) is 4.32. The van der Waals surface area contributed by atoms with Crippen LogP contribution in [-0.4, -0.2) is 34.0 Å². The first-order valence-corrected chi connectivity index (χ1v) is 9.53. The lowest BCUT2D eigenvalue weighted by Crippen LogP contribution is -2.27. The highest BCUT2D eigenvalue weighted by molar-refractivity contribution is 9.10. The molecule has 0 N–H and O–H groups in total. The van der Waals surface area contributed by atoms with Gasteiger partial charge in [-0.15, -0.1) is 0 Å². The summed E-state index contributed by atoms with van der Waals surface area (Å²) in [4.78, 5) is 0.0577. The van der Waals surface area contributed by atoms with Gasteiger partial charge in [0.1, 0.15) is 16.4 Å². The van der Waals surface area contributed by atoms with Crippen LogP contribution in [0.3, 0.4) is 0 Å². The molecule has 0 aliphatic heterocycles. The Bertz CT molecular complexity index is 842. The molecule has 0 saturated heterocycles. The maximum atomic E-state index is 12.8. The molecule has 2 rings (SSSR count). The molecule has 0 heterocycles. The Kier molecular flexibility index (Phi) is 6.14. The summed E-state index contributed by atoms with van der Waals surface area (Å²) in [6.45, 7) is 0.141. The van der Waals surface area contributed by atoms with E-state index in [9.17, 15) is 8.42 Å². The molecule has 0 radical (unpaired) electrons. The molecule has 2 aromatic carbocycles. The quantitative estimate of drug-likeness (QED) is 0.691. The van der Waals surface area contributed by atoms with E-state index >= 15 is 0 Å². The molecule has 8 heteroatoms. The van der Waals surface area contributed by atoms with Crippen molar-refractivity contribution in [1.29, 1.82) is 0 Å². The Hall–Kier alpha value is -1.28. The molecule has 0 saturated carbocycles. The van der Waals surface area contributed by atoms with E-state index in [1.54, 1.807) is 37.4 Å². The van der Waals surface area contributed by atoms with Gasteiger partial charge in [0.15, 0.2) is 0 Å². The Labute approximate surface area is 155 Å². The topological polar surface area (TPSA) is 55.8 Å². The molecule has 0 atom stereocenters. The number of halogens is 2. The minimum atomic E-state index is -3.73. The second-order valence-electron chi connectivity index (χ2n) is 5.01. The number of sulfonamides is 1. The van der Waals surface area contributed by atoms with Gasteiger partial charge in [-0.25, -0.2) is 8.42 Å². The van der Waals surface area contributed by atoms with Crippen LogP contribution in [0.15, 0.2) is 45.8 Å². The monoisotopic (exact) mass is 433 g/mol. The second-order valence-corrected chi connectivity index (χ2v) is 8.35. The summed E-state index contributed by atoms with van der Waals surface area (Å²) in [5.41, 5.74) is 0.720. The van der Waals surface area contributed by atoms with Gasteiger partial charge in [0.05, 0.1) is 19.2 Å². The zero-order chi connectivity index (χ0) is 17.9. The molecule has 0 amide bonds. The normalized spacial score (nSPS) is 11.6.